The first-order chi connectivity index (χ1) is 7.21. The van der Waals surface area contributed by atoms with Gasteiger partial charge in [0.2, 0.25) is 0 Å². The molecule has 82 valence electrons. The van der Waals surface area contributed by atoms with Crippen molar-refractivity contribution in [1.29, 1.82) is 0 Å². The Kier molecular flexibility index (Phi) is 7.53. The summed E-state index contributed by atoms with van der Waals surface area (Å²) in [4.78, 5) is 0. The van der Waals surface area contributed by atoms with E-state index in [1.165, 1.54) is 0 Å². The number of halogens is 1. The van der Waals surface area contributed by atoms with E-state index in [0.29, 0.717) is 23.0 Å². The summed E-state index contributed by atoms with van der Waals surface area (Å²) in [7, 11) is 3.14. The van der Waals surface area contributed by atoms with E-state index >= 15 is 0 Å². The van der Waals surface area contributed by atoms with E-state index in [4.69, 9.17) is 21.1 Å². The fourth-order valence-corrected chi connectivity index (χ4v) is 1.18. The smallest absolute Gasteiger partial charge is 0.134 e. The van der Waals surface area contributed by atoms with Crippen LogP contribution >= 0.6 is 11.6 Å². The lowest BCUT2D eigenvalue weighted by molar-refractivity contribution is 0.240. The van der Waals surface area contributed by atoms with Crippen LogP contribution in [0, 0.1) is 11.8 Å². The highest BCUT2D eigenvalue weighted by atomic mass is 35.5. The molecule has 0 heterocycles. The van der Waals surface area contributed by atoms with Gasteiger partial charge in [-0.1, -0.05) is 36.1 Å². The van der Waals surface area contributed by atoms with Gasteiger partial charge in [-0.25, -0.2) is 0 Å². The predicted molar refractivity (Wildman–Crippen MR) is 63.5 cm³/mol. The Morgan fingerprint density at radius 1 is 1.47 bits per heavy atom. The summed E-state index contributed by atoms with van der Waals surface area (Å²) in [6, 6.07) is 0. The van der Waals surface area contributed by atoms with Gasteiger partial charge in [0.25, 0.3) is 0 Å². The first-order valence-electron chi connectivity index (χ1n) is 4.41. The number of ether oxygens (including phenoxy) is 2. The van der Waals surface area contributed by atoms with E-state index < -0.39 is 0 Å². The molecule has 0 saturated carbocycles. The minimum atomic E-state index is 0.361. The molecule has 0 unspecified atom stereocenters. The topological polar surface area (TPSA) is 18.5 Å². The predicted octanol–water partition coefficient (Wildman–Crippen LogP) is 2.87. The maximum absolute atomic E-state index is 6.06. The quantitative estimate of drug-likeness (QED) is 0.417. The Bertz CT molecular complexity index is 329. The second-order valence-electron chi connectivity index (χ2n) is 2.52. The molecule has 0 radical (unpaired) electrons. The maximum atomic E-state index is 6.06. The molecule has 0 bridgehead atoms. The van der Waals surface area contributed by atoms with E-state index in [-0.39, 0.29) is 0 Å². The molecule has 0 spiro atoms. The summed E-state index contributed by atoms with van der Waals surface area (Å²) >= 11 is 6.06. The lowest BCUT2D eigenvalue weighted by atomic mass is 10.2. The van der Waals surface area contributed by atoms with E-state index in [1.807, 2.05) is 6.92 Å². The molecule has 0 saturated heterocycles. The van der Waals surface area contributed by atoms with Crippen LogP contribution in [0.5, 0.6) is 0 Å². The number of allylic oxidation sites excluding steroid dienone is 4. The van der Waals surface area contributed by atoms with Crippen molar-refractivity contribution in [1.82, 2.24) is 0 Å². The van der Waals surface area contributed by atoms with Crippen molar-refractivity contribution >= 4 is 11.6 Å². The lowest BCUT2D eigenvalue weighted by Crippen LogP contribution is -1.90. The summed E-state index contributed by atoms with van der Waals surface area (Å²) in [6.45, 7) is 5.84. The van der Waals surface area contributed by atoms with Crippen LogP contribution in [0.2, 0.25) is 0 Å². The summed E-state index contributed by atoms with van der Waals surface area (Å²) in [5.74, 6) is 6.24. The summed E-state index contributed by atoms with van der Waals surface area (Å²) in [6.07, 6.45) is 3.36. The van der Waals surface area contributed by atoms with Crippen LogP contribution in [-0.4, -0.2) is 20.8 Å². The Hall–Kier alpha value is -1.17. The summed E-state index contributed by atoms with van der Waals surface area (Å²) in [5.41, 5.74) is 0.628. The van der Waals surface area contributed by atoms with Gasteiger partial charge in [0.15, 0.2) is 0 Å². The van der Waals surface area contributed by atoms with E-state index in [1.54, 1.807) is 26.4 Å². The summed E-state index contributed by atoms with van der Waals surface area (Å²) in [5, 5.41) is 0.457. The number of rotatable bonds is 4. The van der Waals surface area contributed by atoms with Gasteiger partial charge in [-0.15, -0.1) is 0 Å². The Morgan fingerprint density at radius 2 is 2.13 bits per heavy atom. The zero-order chi connectivity index (χ0) is 11.7. The molecule has 0 aromatic rings. The minimum absolute atomic E-state index is 0.361. The molecule has 0 fully saturated rings. The number of hydrogen-bond acceptors (Lipinski definition) is 2. The largest absolute Gasteiger partial charge is 0.496 e. The van der Waals surface area contributed by atoms with Gasteiger partial charge in [-0.05, 0) is 13.0 Å². The third-order valence-corrected chi connectivity index (χ3v) is 1.97. The molecule has 0 aromatic heterocycles. The molecule has 0 aromatic carbocycles. The van der Waals surface area contributed by atoms with Crippen LogP contribution < -0.4 is 0 Å². The van der Waals surface area contributed by atoms with Crippen molar-refractivity contribution in [3.63, 3.8) is 0 Å². The molecule has 2 nitrogen and oxygen atoms in total. The van der Waals surface area contributed by atoms with Crippen LogP contribution in [-0.2, 0) is 9.47 Å². The van der Waals surface area contributed by atoms with E-state index in [9.17, 15) is 0 Å². The Labute approximate surface area is 96.2 Å². The molecule has 15 heavy (non-hydrogen) atoms. The van der Waals surface area contributed by atoms with Crippen LogP contribution in [0.4, 0.5) is 0 Å². The van der Waals surface area contributed by atoms with Crippen molar-refractivity contribution in [2.24, 2.45) is 0 Å². The van der Waals surface area contributed by atoms with Crippen LogP contribution in [0.1, 0.15) is 6.92 Å². The molecule has 3 heteroatoms. The SMILES string of the molecule is C=C/C(C#CCOC)=C(Cl)\C(=C/C)OC. The fraction of sp³-hybridized carbons (Fsp3) is 0.333. The number of hydrogen-bond donors (Lipinski definition) is 0. The minimum Gasteiger partial charge on any atom is -0.496 e. The Balaban J connectivity index is 5.00. The summed E-state index contributed by atoms with van der Waals surface area (Å²) < 4.78 is 9.89. The molecule has 0 rings (SSSR count). The van der Waals surface area contributed by atoms with E-state index in [2.05, 4.69) is 18.4 Å². The fourth-order valence-electron chi connectivity index (χ4n) is 0.866. The standard InChI is InChI=1S/C12H15ClO2/c1-5-10(8-7-9-14-3)12(13)11(6-2)15-4/h5-6H,1,9H2,2-4H3/b11-6+,12-10-. The van der Waals surface area contributed by atoms with Crippen molar-refractivity contribution in [3.05, 3.63) is 35.1 Å². The second-order valence-corrected chi connectivity index (χ2v) is 2.90. The van der Waals surface area contributed by atoms with Gasteiger partial charge >= 0.3 is 0 Å². The van der Waals surface area contributed by atoms with Gasteiger partial charge in [0, 0.05) is 12.7 Å². The molecular weight excluding hydrogens is 212 g/mol. The second kappa shape index (κ2) is 8.16. The average molecular weight is 227 g/mol. The van der Waals surface area contributed by atoms with Gasteiger partial charge in [-0.2, -0.15) is 0 Å². The molecular formula is C12H15ClO2. The van der Waals surface area contributed by atoms with Gasteiger partial charge in [0.05, 0.1) is 12.1 Å². The van der Waals surface area contributed by atoms with Gasteiger partial charge in [0.1, 0.15) is 12.4 Å². The molecule has 0 aliphatic rings. The third kappa shape index (κ3) is 4.73. The normalized spacial score (nSPS) is 12.4. The van der Waals surface area contributed by atoms with Crippen LogP contribution in [0.3, 0.4) is 0 Å². The molecule has 0 aliphatic heterocycles. The van der Waals surface area contributed by atoms with Crippen LogP contribution in [0.25, 0.3) is 0 Å². The van der Waals surface area contributed by atoms with Gasteiger partial charge < -0.3 is 9.47 Å². The molecule has 0 atom stereocenters. The van der Waals surface area contributed by atoms with Crippen molar-refractivity contribution in [2.75, 3.05) is 20.8 Å². The third-order valence-electron chi connectivity index (χ3n) is 1.58. The highest BCUT2D eigenvalue weighted by Gasteiger charge is 2.04. The zero-order valence-electron chi connectivity index (χ0n) is 9.26. The monoisotopic (exact) mass is 226 g/mol. The number of methoxy groups -OCH3 is 2. The van der Waals surface area contributed by atoms with E-state index in [0.717, 1.165) is 0 Å². The highest BCUT2D eigenvalue weighted by Crippen LogP contribution is 2.20. The molecule has 0 aliphatic carbocycles. The molecule has 0 amide bonds. The average Bonchev–Trinajstić information content (AvgIpc) is 2.26. The first-order valence-corrected chi connectivity index (χ1v) is 4.79. The van der Waals surface area contributed by atoms with Crippen LogP contribution in [0.15, 0.2) is 35.1 Å². The van der Waals surface area contributed by atoms with Crippen molar-refractivity contribution in [2.45, 2.75) is 6.92 Å². The Morgan fingerprint density at radius 3 is 2.53 bits per heavy atom. The highest BCUT2D eigenvalue weighted by molar-refractivity contribution is 6.32. The lowest BCUT2D eigenvalue weighted by Gasteiger charge is -2.04. The maximum Gasteiger partial charge on any atom is 0.134 e. The zero-order valence-corrected chi connectivity index (χ0v) is 10.0. The van der Waals surface area contributed by atoms with Crippen molar-refractivity contribution in [3.8, 4) is 11.8 Å². The first kappa shape index (κ1) is 13.8. The van der Waals surface area contributed by atoms with Crippen molar-refractivity contribution < 1.29 is 9.47 Å². The van der Waals surface area contributed by atoms with Gasteiger partial charge in [-0.3, -0.25) is 0 Å². The molecule has 0 N–H and O–H groups in total.